The smallest absolute Gasteiger partial charge is 0.380 e. The van der Waals surface area contributed by atoms with Gasteiger partial charge in [0.1, 0.15) is 0 Å². The maximum Gasteiger partial charge on any atom is 0.439 e. The number of ether oxygens (including phenoxy) is 1. The standard InChI is InChI=1S/C25H25N5O9S/c31-19(22(32)26-17-5-1-15(2-6-17)21-27-25(35)39-28-21)20-24(34)30(9-12-38-20)18-7-3-16(4-8-18)23(33)29-10-13-40(36,37)14-11-29/h1-8,19-20,31H,9-14H2,(H,26,32)(H,27,28,35)/t19-,20-/m1/s1. The molecule has 14 nitrogen and oxygen atoms in total. The Balaban J connectivity index is 1.21. The van der Waals surface area contributed by atoms with Gasteiger partial charge in [0.2, 0.25) is 0 Å². The number of hydrogen-bond donors (Lipinski definition) is 3. The maximum atomic E-state index is 13.1. The molecule has 0 aliphatic carbocycles. The number of sulfone groups is 1. The highest BCUT2D eigenvalue weighted by Crippen LogP contribution is 2.23. The highest BCUT2D eigenvalue weighted by molar-refractivity contribution is 7.91. The van der Waals surface area contributed by atoms with Gasteiger partial charge in [-0.1, -0.05) is 5.16 Å². The van der Waals surface area contributed by atoms with Gasteiger partial charge in [-0.15, -0.1) is 0 Å². The van der Waals surface area contributed by atoms with Gasteiger partial charge in [-0.25, -0.2) is 13.2 Å². The van der Waals surface area contributed by atoms with Crippen LogP contribution in [0.25, 0.3) is 11.4 Å². The molecule has 2 fully saturated rings. The molecule has 0 spiro atoms. The minimum atomic E-state index is -3.12. The lowest BCUT2D eigenvalue weighted by Crippen LogP contribution is -2.55. The zero-order valence-electron chi connectivity index (χ0n) is 21.0. The summed E-state index contributed by atoms with van der Waals surface area (Å²) >= 11 is 0. The van der Waals surface area contributed by atoms with E-state index in [1.165, 1.54) is 21.9 Å². The van der Waals surface area contributed by atoms with Crippen molar-refractivity contribution in [2.24, 2.45) is 0 Å². The fraction of sp³-hybridized carbons (Fsp3) is 0.320. The molecular formula is C25H25N5O9S. The van der Waals surface area contributed by atoms with Crippen molar-refractivity contribution in [1.29, 1.82) is 0 Å². The van der Waals surface area contributed by atoms with Crippen molar-refractivity contribution in [2.45, 2.75) is 12.2 Å². The Morgan fingerprint density at radius 1 is 1.02 bits per heavy atom. The van der Waals surface area contributed by atoms with E-state index < -0.39 is 39.6 Å². The van der Waals surface area contributed by atoms with E-state index in [0.29, 0.717) is 22.5 Å². The van der Waals surface area contributed by atoms with Crippen molar-refractivity contribution in [2.75, 3.05) is 48.0 Å². The van der Waals surface area contributed by atoms with Gasteiger partial charge < -0.3 is 25.0 Å². The second-order valence-electron chi connectivity index (χ2n) is 9.23. The summed E-state index contributed by atoms with van der Waals surface area (Å²) in [5, 5.41) is 16.7. The van der Waals surface area contributed by atoms with E-state index in [0.717, 1.165) is 0 Å². The number of nitrogens with zero attached hydrogens (tertiary/aromatic N) is 3. The molecule has 2 aromatic carbocycles. The van der Waals surface area contributed by atoms with Crippen LogP contribution in [-0.2, 0) is 24.2 Å². The predicted molar refractivity (Wildman–Crippen MR) is 140 cm³/mol. The van der Waals surface area contributed by atoms with Gasteiger partial charge in [0.15, 0.2) is 27.9 Å². The predicted octanol–water partition coefficient (Wildman–Crippen LogP) is -0.368. The number of hydrogen-bond acceptors (Lipinski definition) is 10. The van der Waals surface area contributed by atoms with E-state index in [1.807, 2.05) is 0 Å². The average Bonchev–Trinajstić information content (AvgIpc) is 3.39. The van der Waals surface area contributed by atoms with Crippen LogP contribution in [0.15, 0.2) is 57.8 Å². The highest BCUT2D eigenvalue weighted by Gasteiger charge is 2.39. The molecule has 2 saturated heterocycles. The maximum absolute atomic E-state index is 13.1. The van der Waals surface area contributed by atoms with E-state index in [9.17, 15) is 32.7 Å². The molecule has 5 rings (SSSR count). The number of carbonyl (C=O) groups is 3. The molecule has 2 aliphatic rings. The molecule has 0 radical (unpaired) electrons. The van der Waals surface area contributed by atoms with Crippen LogP contribution in [0.1, 0.15) is 10.4 Å². The summed E-state index contributed by atoms with van der Waals surface area (Å²) in [7, 11) is -3.12. The number of aliphatic hydroxyl groups is 1. The zero-order chi connectivity index (χ0) is 28.4. The Morgan fingerprint density at radius 2 is 1.70 bits per heavy atom. The topological polar surface area (TPSA) is 192 Å². The molecule has 2 aliphatic heterocycles. The van der Waals surface area contributed by atoms with Crippen LogP contribution >= 0.6 is 0 Å². The van der Waals surface area contributed by atoms with Crippen molar-refractivity contribution in [3.8, 4) is 11.4 Å². The van der Waals surface area contributed by atoms with Gasteiger partial charge in [0.25, 0.3) is 17.7 Å². The molecule has 3 aromatic rings. The third-order valence-electron chi connectivity index (χ3n) is 6.60. The quantitative estimate of drug-likeness (QED) is 0.352. The molecule has 3 N–H and O–H groups in total. The summed E-state index contributed by atoms with van der Waals surface area (Å²) < 4.78 is 33.2. The first-order chi connectivity index (χ1) is 19.1. The number of aromatic amines is 1. The van der Waals surface area contributed by atoms with Crippen LogP contribution in [-0.4, -0.2) is 96.2 Å². The number of nitrogens with one attached hydrogen (secondary N) is 2. The van der Waals surface area contributed by atoms with Crippen molar-refractivity contribution < 1.29 is 37.2 Å². The van der Waals surface area contributed by atoms with Crippen molar-refractivity contribution in [3.05, 3.63) is 64.6 Å². The molecule has 15 heteroatoms. The van der Waals surface area contributed by atoms with E-state index in [2.05, 4.69) is 20.0 Å². The van der Waals surface area contributed by atoms with Crippen LogP contribution < -0.4 is 16.0 Å². The second-order valence-corrected chi connectivity index (χ2v) is 11.5. The normalized spacial score (nSPS) is 19.7. The van der Waals surface area contributed by atoms with Crippen LogP contribution in [0, 0.1) is 0 Å². The second kappa shape index (κ2) is 11.0. The lowest BCUT2D eigenvalue weighted by atomic mass is 10.1. The Kier molecular flexibility index (Phi) is 7.51. The Morgan fingerprint density at radius 3 is 2.33 bits per heavy atom. The van der Waals surface area contributed by atoms with Crippen molar-refractivity contribution in [3.63, 3.8) is 0 Å². The van der Waals surface area contributed by atoms with Crippen molar-refractivity contribution in [1.82, 2.24) is 15.0 Å². The average molecular weight is 572 g/mol. The molecule has 3 amide bonds. The SMILES string of the molecule is O=C(Nc1ccc(-c2noc(=O)[nH]2)cc1)[C@H](O)[C@H]1OCCN(c2ccc(C(=O)N3CCS(=O)(=O)CC3)cc2)C1=O. The van der Waals surface area contributed by atoms with Gasteiger partial charge in [-0.3, -0.25) is 23.9 Å². The van der Waals surface area contributed by atoms with Gasteiger partial charge >= 0.3 is 5.76 Å². The van der Waals surface area contributed by atoms with Gasteiger partial charge in [0.05, 0.1) is 18.1 Å². The molecule has 40 heavy (non-hydrogen) atoms. The van der Waals surface area contributed by atoms with Gasteiger partial charge in [-0.2, -0.15) is 0 Å². The van der Waals surface area contributed by atoms with E-state index in [1.54, 1.807) is 36.4 Å². The lowest BCUT2D eigenvalue weighted by molar-refractivity contribution is -0.150. The summed E-state index contributed by atoms with van der Waals surface area (Å²) in [6, 6.07) is 12.4. The highest BCUT2D eigenvalue weighted by atomic mass is 32.2. The molecule has 0 unspecified atom stereocenters. The van der Waals surface area contributed by atoms with Gasteiger partial charge in [0, 0.05) is 42.1 Å². The summed E-state index contributed by atoms with van der Waals surface area (Å²) in [5.74, 6) is -2.43. The number of aromatic nitrogens is 2. The molecule has 0 saturated carbocycles. The number of H-pyrrole nitrogens is 1. The number of carbonyl (C=O) groups excluding carboxylic acids is 3. The summed E-state index contributed by atoms with van der Waals surface area (Å²) in [5.41, 5.74) is 1.65. The molecule has 0 bridgehead atoms. The van der Waals surface area contributed by atoms with Crippen molar-refractivity contribution >= 4 is 38.9 Å². The minimum Gasteiger partial charge on any atom is -0.380 e. The first kappa shape index (κ1) is 27.2. The number of morpholine rings is 1. The van der Waals surface area contributed by atoms with E-state index in [4.69, 9.17) is 4.74 Å². The Labute approximate surface area is 227 Å². The fourth-order valence-electron chi connectivity index (χ4n) is 4.39. The Bertz CT molecular complexity index is 1570. The monoisotopic (exact) mass is 571 g/mol. The summed E-state index contributed by atoms with van der Waals surface area (Å²) in [4.78, 5) is 55.0. The lowest BCUT2D eigenvalue weighted by Gasteiger charge is -2.34. The van der Waals surface area contributed by atoms with Gasteiger partial charge in [-0.05, 0) is 48.5 Å². The first-order valence-corrected chi connectivity index (χ1v) is 14.1. The van der Waals surface area contributed by atoms with E-state index >= 15 is 0 Å². The number of benzene rings is 2. The third kappa shape index (κ3) is 5.80. The van der Waals surface area contributed by atoms with Crippen LogP contribution in [0.2, 0.25) is 0 Å². The molecule has 2 atom stereocenters. The van der Waals surface area contributed by atoms with Crippen LogP contribution in [0.4, 0.5) is 11.4 Å². The zero-order valence-corrected chi connectivity index (χ0v) is 21.8. The van der Waals surface area contributed by atoms with Crippen LogP contribution in [0.5, 0.6) is 0 Å². The molecule has 210 valence electrons. The fourth-order valence-corrected chi connectivity index (χ4v) is 5.59. The molecule has 3 heterocycles. The Hall–Kier alpha value is -4.34. The third-order valence-corrected chi connectivity index (χ3v) is 8.21. The number of anilines is 2. The summed E-state index contributed by atoms with van der Waals surface area (Å²) in [6.07, 6.45) is -3.26. The minimum absolute atomic E-state index is 0.0638. The van der Waals surface area contributed by atoms with Crippen LogP contribution in [0.3, 0.4) is 0 Å². The number of aliphatic hydroxyl groups excluding tert-OH is 1. The molecule has 1 aromatic heterocycles. The number of rotatable bonds is 6. The largest absolute Gasteiger partial charge is 0.439 e. The number of amides is 3. The van der Waals surface area contributed by atoms with E-state index in [-0.39, 0.29) is 49.5 Å². The first-order valence-electron chi connectivity index (χ1n) is 12.3. The summed E-state index contributed by atoms with van der Waals surface area (Å²) in [6.45, 7) is 0.485. The molecular weight excluding hydrogens is 546 g/mol.